The Morgan fingerprint density at radius 2 is 2.06 bits per heavy atom. The summed E-state index contributed by atoms with van der Waals surface area (Å²) >= 11 is 3.42. The lowest BCUT2D eigenvalue weighted by molar-refractivity contribution is 0.831. The quantitative estimate of drug-likeness (QED) is 0.812. The second kappa shape index (κ2) is 5.36. The van der Waals surface area contributed by atoms with E-state index in [-0.39, 0.29) is 0 Å². The second-order valence-electron chi connectivity index (χ2n) is 3.93. The zero-order valence-electron chi connectivity index (χ0n) is 9.94. The Labute approximate surface area is 109 Å². The van der Waals surface area contributed by atoms with Crippen molar-refractivity contribution in [3.8, 4) is 11.3 Å². The van der Waals surface area contributed by atoms with E-state index in [9.17, 15) is 0 Å². The number of rotatable bonds is 3. The van der Waals surface area contributed by atoms with Gasteiger partial charge in [0.25, 0.3) is 0 Å². The number of nitrogens with zero attached hydrogens (tertiary/aromatic N) is 3. The molecule has 0 atom stereocenters. The van der Waals surface area contributed by atoms with Gasteiger partial charge in [0, 0.05) is 23.9 Å². The van der Waals surface area contributed by atoms with Crippen LogP contribution >= 0.6 is 15.9 Å². The van der Waals surface area contributed by atoms with Crippen molar-refractivity contribution in [3.05, 3.63) is 40.5 Å². The van der Waals surface area contributed by atoms with Gasteiger partial charge in [-0.15, -0.1) is 0 Å². The minimum absolute atomic E-state index is 0.825. The summed E-state index contributed by atoms with van der Waals surface area (Å²) < 4.78 is 0.825. The first kappa shape index (κ1) is 12.2. The molecule has 0 unspecified atom stereocenters. The highest BCUT2D eigenvalue weighted by Crippen LogP contribution is 2.20. The van der Waals surface area contributed by atoms with Crippen LogP contribution in [0, 0.1) is 6.92 Å². The molecule has 2 rings (SSSR count). The summed E-state index contributed by atoms with van der Waals surface area (Å²) in [7, 11) is 0. The van der Waals surface area contributed by atoms with Gasteiger partial charge in [-0.3, -0.25) is 4.98 Å². The molecule has 2 aromatic rings. The van der Waals surface area contributed by atoms with Crippen LogP contribution in [0.4, 0.5) is 0 Å². The Balaban J connectivity index is 2.40. The Hall–Kier alpha value is -1.29. The molecule has 0 bridgehead atoms. The fraction of sp³-hybridized carbons (Fsp3) is 0.308. The van der Waals surface area contributed by atoms with E-state index >= 15 is 0 Å². The van der Waals surface area contributed by atoms with Crippen molar-refractivity contribution in [2.75, 3.05) is 0 Å². The number of hydrogen-bond donors (Lipinski definition) is 0. The van der Waals surface area contributed by atoms with Gasteiger partial charge in [-0.25, -0.2) is 9.97 Å². The molecular formula is C13H14BrN3. The highest BCUT2D eigenvalue weighted by atomic mass is 79.9. The van der Waals surface area contributed by atoms with Crippen LogP contribution in [0.5, 0.6) is 0 Å². The number of pyridine rings is 1. The SMILES string of the molecule is CCCc1nc(Br)cc(-c2ccc(C)nc2)n1. The molecule has 0 amide bonds. The van der Waals surface area contributed by atoms with E-state index in [4.69, 9.17) is 0 Å². The Bertz CT molecular complexity index is 509. The largest absolute Gasteiger partial charge is 0.261 e. The normalized spacial score (nSPS) is 10.5. The molecule has 17 heavy (non-hydrogen) atoms. The van der Waals surface area contributed by atoms with Crippen LogP contribution in [0.3, 0.4) is 0 Å². The summed E-state index contributed by atoms with van der Waals surface area (Å²) in [5, 5.41) is 0. The van der Waals surface area contributed by atoms with E-state index in [1.54, 1.807) is 0 Å². The summed E-state index contributed by atoms with van der Waals surface area (Å²) in [4.78, 5) is 13.2. The standard InChI is InChI=1S/C13H14BrN3/c1-3-4-13-16-11(7-12(14)17-13)10-6-5-9(2)15-8-10/h5-8H,3-4H2,1-2H3. The lowest BCUT2D eigenvalue weighted by Crippen LogP contribution is -1.97. The second-order valence-corrected chi connectivity index (χ2v) is 4.74. The molecule has 0 radical (unpaired) electrons. The van der Waals surface area contributed by atoms with Gasteiger partial charge in [0.15, 0.2) is 0 Å². The van der Waals surface area contributed by atoms with Gasteiger partial charge in [-0.2, -0.15) is 0 Å². The molecule has 0 fully saturated rings. The fourth-order valence-electron chi connectivity index (χ4n) is 1.57. The maximum Gasteiger partial charge on any atom is 0.130 e. The van der Waals surface area contributed by atoms with Crippen molar-refractivity contribution in [1.82, 2.24) is 15.0 Å². The van der Waals surface area contributed by atoms with E-state index in [1.807, 2.05) is 31.3 Å². The van der Waals surface area contributed by atoms with E-state index in [2.05, 4.69) is 37.8 Å². The molecule has 2 heterocycles. The molecule has 4 heteroatoms. The zero-order chi connectivity index (χ0) is 12.3. The third kappa shape index (κ3) is 3.09. The van der Waals surface area contributed by atoms with Crippen LogP contribution in [-0.2, 0) is 6.42 Å². The topological polar surface area (TPSA) is 38.7 Å². The van der Waals surface area contributed by atoms with Crippen LogP contribution in [0.25, 0.3) is 11.3 Å². The number of aryl methyl sites for hydroxylation is 2. The first-order valence-corrected chi connectivity index (χ1v) is 6.45. The molecule has 0 saturated carbocycles. The summed E-state index contributed by atoms with van der Waals surface area (Å²) in [6.07, 6.45) is 3.79. The maximum absolute atomic E-state index is 4.54. The molecule has 88 valence electrons. The van der Waals surface area contributed by atoms with Crippen molar-refractivity contribution in [2.45, 2.75) is 26.7 Å². The molecule has 0 aromatic carbocycles. The fourth-order valence-corrected chi connectivity index (χ4v) is 1.99. The van der Waals surface area contributed by atoms with Crippen molar-refractivity contribution >= 4 is 15.9 Å². The Kier molecular flexibility index (Phi) is 3.84. The van der Waals surface area contributed by atoms with Gasteiger partial charge in [-0.1, -0.05) is 6.92 Å². The summed E-state index contributed by atoms with van der Waals surface area (Å²) in [5.41, 5.74) is 2.95. The Morgan fingerprint density at radius 1 is 1.24 bits per heavy atom. The highest BCUT2D eigenvalue weighted by Gasteiger charge is 2.05. The summed E-state index contributed by atoms with van der Waals surface area (Å²) in [6.45, 7) is 4.10. The average Bonchev–Trinajstić information content (AvgIpc) is 2.29. The molecule has 0 aliphatic heterocycles. The first-order chi connectivity index (χ1) is 8.19. The molecule has 0 saturated heterocycles. The van der Waals surface area contributed by atoms with Crippen LogP contribution in [0.15, 0.2) is 29.0 Å². The van der Waals surface area contributed by atoms with Gasteiger partial charge >= 0.3 is 0 Å². The first-order valence-electron chi connectivity index (χ1n) is 5.65. The van der Waals surface area contributed by atoms with Gasteiger partial charge in [0.05, 0.1) is 5.69 Å². The van der Waals surface area contributed by atoms with Gasteiger partial charge < -0.3 is 0 Å². The summed E-state index contributed by atoms with van der Waals surface area (Å²) in [6, 6.07) is 5.95. The predicted octanol–water partition coefficient (Wildman–Crippen LogP) is 3.56. The van der Waals surface area contributed by atoms with Gasteiger partial charge in [-0.05, 0) is 47.5 Å². The van der Waals surface area contributed by atoms with E-state index in [1.165, 1.54) is 0 Å². The van der Waals surface area contributed by atoms with Gasteiger partial charge in [0.1, 0.15) is 10.4 Å². The monoisotopic (exact) mass is 291 g/mol. The average molecular weight is 292 g/mol. The predicted molar refractivity (Wildman–Crippen MR) is 71.7 cm³/mol. The summed E-state index contributed by atoms with van der Waals surface area (Å²) in [5.74, 6) is 0.873. The molecule has 0 aliphatic carbocycles. The zero-order valence-corrected chi connectivity index (χ0v) is 11.5. The van der Waals surface area contributed by atoms with Crippen LogP contribution in [0.2, 0.25) is 0 Å². The minimum Gasteiger partial charge on any atom is -0.261 e. The highest BCUT2D eigenvalue weighted by molar-refractivity contribution is 9.10. The van der Waals surface area contributed by atoms with Crippen molar-refractivity contribution in [2.24, 2.45) is 0 Å². The molecule has 0 spiro atoms. The van der Waals surface area contributed by atoms with E-state index < -0.39 is 0 Å². The van der Waals surface area contributed by atoms with Crippen LogP contribution in [-0.4, -0.2) is 15.0 Å². The number of hydrogen-bond acceptors (Lipinski definition) is 3. The lowest BCUT2D eigenvalue weighted by Gasteiger charge is -2.04. The third-order valence-electron chi connectivity index (χ3n) is 2.42. The van der Waals surface area contributed by atoms with E-state index in [0.717, 1.165) is 40.2 Å². The number of aromatic nitrogens is 3. The minimum atomic E-state index is 0.825. The van der Waals surface area contributed by atoms with Crippen LogP contribution < -0.4 is 0 Å². The third-order valence-corrected chi connectivity index (χ3v) is 2.83. The van der Waals surface area contributed by atoms with Crippen molar-refractivity contribution in [3.63, 3.8) is 0 Å². The lowest BCUT2D eigenvalue weighted by atomic mass is 10.2. The van der Waals surface area contributed by atoms with Crippen molar-refractivity contribution in [1.29, 1.82) is 0 Å². The van der Waals surface area contributed by atoms with E-state index in [0.29, 0.717) is 0 Å². The van der Waals surface area contributed by atoms with Crippen molar-refractivity contribution < 1.29 is 0 Å². The molecule has 2 aromatic heterocycles. The molecule has 3 nitrogen and oxygen atoms in total. The van der Waals surface area contributed by atoms with Crippen LogP contribution in [0.1, 0.15) is 24.9 Å². The molecule has 0 N–H and O–H groups in total. The maximum atomic E-state index is 4.54. The smallest absolute Gasteiger partial charge is 0.130 e. The van der Waals surface area contributed by atoms with Gasteiger partial charge in [0.2, 0.25) is 0 Å². The Morgan fingerprint density at radius 3 is 2.71 bits per heavy atom. The molecule has 0 aliphatic rings. The number of halogens is 1. The molecular weight excluding hydrogens is 278 g/mol.